The Morgan fingerprint density at radius 3 is 2.65 bits per heavy atom. The Kier molecular flexibility index (Phi) is 5.11. The molecule has 0 aromatic heterocycles. The van der Waals surface area contributed by atoms with Gasteiger partial charge in [0.05, 0.1) is 6.54 Å². The maximum absolute atomic E-state index is 14.3. The van der Waals surface area contributed by atoms with Crippen LogP contribution in [0.3, 0.4) is 0 Å². The molecule has 0 amide bonds. The summed E-state index contributed by atoms with van der Waals surface area (Å²) in [7, 11) is 0. The topological polar surface area (TPSA) is 15.3 Å². The first-order chi connectivity index (χ1) is 9.49. The highest BCUT2D eigenvalue weighted by atomic mass is 19.3. The van der Waals surface area contributed by atoms with Crippen molar-refractivity contribution in [2.24, 2.45) is 0 Å². The van der Waals surface area contributed by atoms with Gasteiger partial charge in [-0.25, -0.2) is 0 Å². The summed E-state index contributed by atoms with van der Waals surface area (Å²) < 4.78 is 28.6. The first-order valence-electron chi connectivity index (χ1n) is 7.40. The molecule has 2 nitrogen and oxygen atoms in total. The van der Waals surface area contributed by atoms with E-state index in [-0.39, 0.29) is 18.2 Å². The summed E-state index contributed by atoms with van der Waals surface area (Å²) in [6.07, 6.45) is 2.01. The third-order valence-corrected chi connectivity index (χ3v) is 3.86. The van der Waals surface area contributed by atoms with Crippen LogP contribution in [0, 0.1) is 0 Å². The number of hydrogen-bond donors (Lipinski definition) is 1. The first kappa shape index (κ1) is 15.4. The van der Waals surface area contributed by atoms with Crippen LogP contribution in [0.5, 0.6) is 0 Å². The van der Waals surface area contributed by atoms with Crippen LogP contribution >= 0.6 is 0 Å². The van der Waals surface area contributed by atoms with Crippen LogP contribution in [-0.4, -0.2) is 36.6 Å². The van der Waals surface area contributed by atoms with E-state index in [1.165, 1.54) is 12.1 Å². The first-order valence-corrected chi connectivity index (χ1v) is 7.40. The minimum absolute atomic E-state index is 0.113. The molecule has 1 unspecified atom stereocenters. The largest absolute Gasteiger partial charge is 0.313 e. The Balaban J connectivity index is 1.97. The number of likely N-dealkylation sites (tertiary alicyclic amines) is 1. The molecule has 0 saturated carbocycles. The summed E-state index contributed by atoms with van der Waals surface area (Å²) in [5, 5.41) is 3.36. The molecule has 0 spiro atoms. The Morgan fingerprint density at radius 2 is 2.00 bits per heavy atom. The molecule has 1 aliphatic rings. The maximum Gasteiger partial charge on any atom is 0.285 e. The van der Waals surface area contributed by atoms with Crippen LogP contribution in [0.1, 0.15) is 32.3 Å². The molecule has 0 radical (unpaired) electrons. The minimum atomic E-state index is -2.78. The number of nitrogens with zero attached hydrogens (tertiary/aromatic N) is 1. The van der Waals surface area contributed by atoms with E-state index in [0.29, 0.717) is 6.04 Å². The highest BCUT2D eigenvalue weighted by Gasteiger charge is 2.37. The minimum Gasteiger partial charge on any atom is -0.313 e. The summed E-state index contributed by atoms with van der Waals surface area (Å²) >= 11 is 0. The smallest absolute Gasteiger partial charge is 0.285 e. The van der Waals surface area contributed by atoms with E-state index >= 15 is 0 Å². The van der Waals surface area contributed by atoms with Gasteiger partial charge in [0.2, 0.25) is 0 Å². The molecule has 1 N–H and O–H groups in total. The third kappa shape index (κ3) is 4.00. The average Bonchev–Trinajstić information content (AvgIpc) is 2.84. The molecule has 2 rings (SSSR count). The van der Waals surface area contributed by atoms with Gasteiger partial charge >= 0.3 is 0 Å². The van der Waals surface area contributed by atoms with Gasteiger partial charge in [0, 0.05) is 24.2 Å². The van der Waals surface area contributed by atoms with Gasteiger partial charge in [-0.1, -0.05) is 44.2 Å². The number of rotatable bonds is 6. The van der Waals surface area contributed by atoms with Crippen LogP contribution in [0.2, 0.25) is 0 Å². The molecular weight excluding hydrogens is 258 g/mol. The molecule has 1 saturated heterocycles. The summed E-state index contributed by atoms with van der Waals surface area (Å²) in [4.78, 5) is 1.93. The normalized spacial score (nSPS) is 20.8. The van der Waals surface area contributed by atoms with Crippen molar-refractivity contribution in [3.8, 4) is 0 Å². The number of benzene rings is 1. The zero-order chi connectivity index (χ0) is 14.6. The Hall–Kier alpha value is -1.00. The highest BCUT2D eigenvalue weighted by Crippen LogP contribution is 2.31. The molecule has 1 aliphatic heterocycles. The lowest BCUT2D eigenvalue weighted by Crippen LogP contribution is -2.44. The molecule has 1 aromatic rings. The molecule has 4 heteroatoms. The van der Waals surface area contributed by atoms with Crippen LogP contribution in [-0.2, 0) is 5.92 Å². The van der Waals surface area contributed by atoms with Crippen molar-refractivity contribution < 1.29 is 8.78 Å². The zero-order valence-electron chi connectivity index (χ0n) is 12.3. The number of nitrogens with one attached hydrogen (secondary N) is 1. The van der Waals surface area contributed by atoms with Crippen LogP contribution in [0.15, 0.2) is 30.3 Å². The van der Waals surface area contributed by atoms with Gasteiger partial charge in [-0.15, -0.1) is 0 Å². The molecule has 1 aromatic carbocycles. The van der Waals surface area contributed by atoms with E-state index in [2.05, 4.69) is 19.2 Å². The second-order valence-electron chi connectivity index (χ2n) is 5.90. The van der Waals surface area contributed by atoms with E-state index in [0.717, 1.165) is 25.9 Å². The standard InChI is InChI=1S/C16H24F2N2/c1-13(2)19-11-15-9-6-10-20(15)12-16(17,18)14-7-4-3-5-8-14/h3-5,7-8,13,15,19H,6,9-12H2,1-2H3. The average molecular weight is 282 g/mol. The number of alkyl halides is 2. The molecule has 1 atom stereocenters. The van der Waals surface area contributed by atoms with Crippen LogP contribution in [0.25, 0.3) is 0 Å². The molecule has 112 valence electrons. The number of halogens is 2. The van der Waals surface area contributed by atoms with Crippen molar-refractivity contribution in [2.75, 3.05) is 19.6 Å². The predicted molar refractivity (Wildman–Crippen MR) is 78.1 cm³/mol. The molecule has 1 fully saturated rings. The predicted octanol–water partition coefficient (Wildman–Crippen LogP) is 3.24. The van der Waals surface area contributed by atoms with Crippen molar-refractivity contribution >= 4 is 0 Å². The molecule has 20 heavy (non-hydrogen) atoms. The lowest BCUT2D eigenvalue weighted by Gasteiger charge is -2.29. The SMILES string of the molecule is CC(C)NCC1CCCN1CC(F)(F)c1ccccc1. The monoisotopic (exact) mass is 282 g/mol. The molecule has 0 aliphatic carbocycles. The van der Waals surface area contributed by atoms with E-state index in [9.17, 15) is 8.78 Å². The van der Waals surface area contributed by atoms with Gasteiger partial charge < -0.3 is 5.32 Å². The van der Waals surface area contributed by atoms with Crippen molar-refractivity contribution in [2.45, 2.75) is 44.7 Å². The zero-order valence-corrected chi connectivity index (χ0v) is 12.3. The van der Waals surface area contributed by atoms with Gasteiger partial charge in [-0.3, -0.25) is 4.90 Å². The van der Waals surface area contributed by atoms with Crippen molar-refractivity contribution in [1.82, 2.24) is 10.2 Å². The van der Waals surface area contributed by atoms with Crippen molar-refractivity contribution in [3.05, 3.63) is 35.9 Å². The van der Waals surface area contributed by atoms with Gasteiger partial charge in [0.1, 0.15) is 0 Å². The second-order valence-corrected chi connectivity index (χ2v) is 5.90. The fourth-order valence-electron chi connectivity index (χ4n) is 2.73. The van der Waals surface area contributed by atoms with E-state index in [1.807, 2.05) is 4.90 Å². The lowest BCUT2D eigenvalue weighted by molar-refractivity contribution is -0.0408. The molecule has 0 bridgehead atoms. The maximum atomic E-state index is 14.3. The van der Waals surface area contributed by atoms with Crippen LogP contribution in [0.4, 0.5) is 8.78 Å². The van der Waals surface area contributed by atoms with Gasteiger partial charge in [-0.2, -0.15) is 8.78 Å². The summed E-state index contributed by atoms with van der Waals surface area (Å²) in [6, 6.07) is 8.76. The van der Waals surface area contributed by atoms with E-state index < -0.39 is 5.92 Å². The fourth-order valence-corrected chi connectivity index (χ4v) is 2.73. The second kappa shape index (κ2) is 6.64. The Labute approximate surface area is 120 Å². The van der Waals surface area contributed by atoms with Gasteiger partial charge in [0.15, 0.2) is 0 Å². The van der Waals surface area contributed by atoms with Gasteiger partial charge in [0.25, 0.3) is 5.92 Å². The molecular formula is C16H24F2N2. The van der Waals surface area contributed by atoms with Crippen molar-refractivity contribution in [1.29, 1.82) is 0 Å². The summed E-state index contributed by atoms with van der Waals surface area (Å²) in [5.74, 6) is -2.78. The highest BCUT2D eigenvalue weighted by molar-refractivity contribution is 5.20. The number of hydrogen-bond acceptors (Lipinski definition) is 2. The fraction of sp³-hybridized carbons (Fsp3) is 0.625. The lowest BCUT2D eigenvalue weighted by atomic mass is 10.1. The summed E-state index contributed by atoms with van der Waals surface area (Å²) in [6.45, 7) is 5.55. The summed E-state index contributed by atoms with van der Waals surface area (Å²) in [5.41, 5.74) is 0.113. The third-order valence-electron chi connectivity index (χ3n) is 3.86. The quantitative estimate of drug-likeness (QED) is 0.861. The Morgan fingerprint density at radius 1 is 1.30 bits per heavy atom. The van der Waals surface area contributed by atoms with E-state index in [1.54, 1.807) is 18.2 Å². The molecule has 1 heterocycles. The van der Waals surface area contributed by atoms with Crippen molar-refractivity contribution in [3.63, 3.8) is 0 Å². The Bertz CT molecular complexity index is 406. The van der Waals surface area contributed by atoms with Crippen LogP contribution < -0.4 is 5.32 Å². The van der Waals surface area contributed by atoms with Gasteiger partial charge in [-0.05, 0) is 19.4 Å². The van der Waals surface area contributed by atoms with E-state index in [4.69, 9.17) is 0 Å².